The van der Waals surface area contributed by atoms with Gasteiger partial charge in [0.25, 0.3) is 0 Å². The van der Waals surface area contributed by atoms with Gasteiger partial charge in [0.15, 0.2) is 0 Å². The summed E-state index contributed by atoms with van der Waals surface area (Å²) in [4.78, 5) is 42.2. The van der Waals surface area contributed by atoms with Gasteiger partial charge in [-0.1, -0.05) is 41.9 Å². The summed E-state index contributed by atoms with van der Waals surface area (Å²) in [6.45, 7) is 1.56. The maximum absolute atomic E-state index is 14.0. The Morgan fingerprint density at radius 2 is 1.94 bits per heavy atom. The van der Waals surface area contributed by atoms with E-state index in [0.29, 0.717) is 30.0 Å². The van der Waals surface area contributed by atoms with Crippen LogP contribution in [0, 0.1) is 11.8 Å². The minimum absolute atomic E-state index is 0.188. The van der Waals surface area contributed by atoms with Crippen LogP contribution in [0.1, 0.15) is 25.3 Å². The van der Waals surface area contributed by atoms with Gasteiger partial charge in [-0.2, -0.15) is 0 Å². The lowest BCUT2D eigenvalue weighted by atomic mass is 9.70. The van der Waals surface area contributed by atoms with Gasteiger partial charge in [0.2, 0.25) is 11.8 Å². The average molecular weight is 513 g/mol. The molecule has 0 aliphatic carbocycles. The molecule has 2 N–H and O–H groups in total. The van der Waals surface area contributed by atoms with Crippen molar-refractivity contribution in [1.82, 2.24) is 4.90 Å². The zero-order valence-electron chi connectivity index (χ0n) is 19.9. The number of carbonyl (C=O) groups is 3. The second-order valence-corrected chi connectivity index (χ2v) is 10.0. The van der Waals surface area contributed by atoms with Crippen molar-refractivity contribution in [3.63, 3.8) is 0 Å². The van der Waals surface area contributed by atoms with Crippen molar-refractivity contribution >= 4 is 35.1 Å². The Hall–Kier alpha value is -2.94. The first-order valence-electron chi connectivity index (χ1n) is 12.3. The second-order valence-electron chi connectivity index (χ2n) is 9.58. The molecule has 2 aromatic carbocycles. The SMILES string of the molecule is CCOC(=O)[C@@H]1[C@H]2C(=O)N([C@@H](CO)Cc3ccccc3)[C@H](C(=O)Nc3ccc(Cl)cc3)[C@]23CC[C@H]1O3. The molecule has 2 aromatic rings. The zero-order chi connectivity index (χ0) is 25.4. The van der Waals surface area contributed by atoms with Crippen LogP contribution < -0.4 is 5.32 Å². The van der Waals surface area contributed by atoms with Gasteiger partial charge in [-0.3, -0.25) is 14.4 Å². The number of nitrogens with zero attached hydrogens (tertiary/aromatic N) is 1. The van der Waals surface area contributed by atoms with E-state index in [2.05, 4.69) is 5.32 Å². The maximum Gasteiger partial charge on any atom is 0.312 e. The Morgan fingerprint density at radius 3 is 2.61 bits per heavy atom. The van der Waals surface area contributed by atoms with Crippen LogP contribution in [0.2, 0.25) is 5.02 Å². The summed E-state index contributed by atoms with van der Waals surface area (Å²) < 4.78 is 11.7. The number of nitrogens with one attached hydrogen (secondary N) is 1. The summed E-state index contributed by atoms with van der Waals surface area (Å²) in [5.41, 5.74) is 0.275. The molecule has 3 aliphatic rings. The summed E-state index contributed by atoms with van der Waals surface area (Å²) in [6, 6.07) is 14.5. The van der Waals surface area contributed by atoms with E-state index in [1.54, 1.807) is 31.2 Å². The molecule has 5 rings (SSSR count). The summed E-state index contributed by atoms with van der Waals surface area (Å²) in [7, 11) is 0. The predicted molar refractivity (Wildman–Crippen MR) is 132 cm³/mol. The second kappa shape index (κ2) is 9.84. The third-order valence-corrected chi connectivity index (χ3v) is 7.83. The molecule has 0 aromatic heterocycles. The molecule has 0 unspecified atom stereocenters. The Balaban J connectivity index is 1.53. The summed E-state index contributed by atoms with van der Waals surface area (Å²) >= 11 is 5.99. The number of rotatable bonds is 8. The lowest BCUT2D eigenvalue weighted by Gasteiger charge is -2.36. The zero-order valence-corrected chi connectivity index (χ0v) is 20.7. The molecule has 3 fully saturated rings. The van der Waals surface area contributed by atoms with Crippen molar-refractivity contribution < 1.29 is 29.0 Å². The number of aliphatic hydroxyl groups excluding tert-OH is 1. The lowest BCUT2D eigenvalue weighted by molar-refractivity contribution is -0.155. The number of halogens is 1. The van der Waals surface area contributed by atoms with E-state index in [-0.39, 0.29) is 19.1 Å². The first kappa shape index (κ1) is 24.7. The number of fused-ring (bicyclic) bond motifs is 1. The molecule has 3 heterocycles. The number of anilines is 1. The van der Waals surface area contributed by atoms with Crippen molar-refractivity contribution in [3.8, 4) is 0 Å². The number of ether oxygens (including phenoxy) is 2. The van der Waals surface area contributed by atoms with E-state index in [9.17, 15) is 19.5 Å². The normalized spacial score (nSPS) is 29.2. The molecule has 6 atom stereocenters. The number of esters is 1. The van der Waals surface area contributed by atoms with Gasteiger partial charge in [-0.15, -0.1) is 0 Å². The first-order chi connectivity index (χ1) is 17.4. The predicted octanol–water partition coefficient (Wildman–Crippen LogP) is 2.82. The number of amides is 2. The summed E-state index contributed by atoms with van der Waals surface area (Å²) in [5.74, 6) is -2.89. The van der Waals surface area contributed by atoms with Crippen molar-refractivity contribution in [2.75, 3.05) is 18.5 Å². The Morgan fingerprint density at radius 1 is 1.22 bits per heavy atom. The van der Waals surface area contributed by atoms with Crippen LogP contribution in [0.5, 0.6) is 0 Å². The minimum Gasteiger partial charge on any atom is -0.466 e. The smallest absolute Gasteiger partial charge is 0.312 e. The van der Waals surface area contributed by atoms with Crippen molar-refractivity contribution in [2.45, 2.75) is 50.0 Å². The molecule has 0 radical (unpaired) electrons. The summed E-state index contributed by atoms with van der Waals surface area (Å²) in [6.07, 6.45) is 0.883. The molecule has 2 bridgehead atoms. The van der Waals surface area contributed by atoms with Crippen LogP contribution in [0.25, 0.3) is 0 Å². The van der Waals surface area contributed by atoms with E-state index in [4.69, 9.17) is 21.1 Å². The maximum atomic E-state index is 14.0. The van der Waals surface area contributed by atoms with Crippen LogP contribution >= 0.6 is 11.6 Å². The number of hydrogen-bond acceptors (Lipinski definition) is 6. The van der Waals surface area contributed by atoms with Crippen LogP contribution in [0.15, 0.2) is 54.6 Å². The lowest BCUT2D eigenvalue weighted by Crippen LogP contribution is -2.56. The Labute approximate surface area is 214 Å². The third kappa shape index (κ3) is 4.07. The van der Waals surface area contributed by atoms with E-state index < -0.39 is 47.5 Å². The van der Waals surface area contributed by atoms with Gasteiger partial charge < -0.3 is 24.8 Å². The van der Waals surface area contributed by atoms with Crippen LogP contribution in [0.3, 0.4) is 0 Å². The fourth-order valence-corrected chi connectivity index (χ4v) is 6.30. The number of carbonyl (C=O) groups excluding carboxylic acids is 3. The number of aliphatic hydroxyl groups is 1. The monoisotopic (exact) mass is 512 g/mol. The first-order valence-corrected chi connectivity index (χ1v) is 12.6. The average Bonchev–Trinajstić information content (AvgIpc) is 3.52. The highest BCUT2D eigenvalue weighted by Crippen LogP contribution is 2.59. The topological polar surface area (TPSA) is 105 Å². The molecule has 36 heavy (non-hydrogen) atoms. The van der Waals surface area contributed by atoms with Crippen LogP contribution in [0.4, 0.5) is 5.69 Å². The fraction of sp³-hybridized carbons (Fsp3) is 0.444. The quantitative estimate of drug-likeness (QED) is 0.527. The Kier molecular flexibility index (Phi) is 6.76. The molecule has 0 saturated carbocycles. The molecule has 9 heteroatoms. The molecule has 3 aliphatic heterocycles. The van der Waals surface area contributed by atoms with E-state index in [1.807, 2.05) is 30.3 Å². The van der Waals surface area contributed by atoms with Gasteiger partial charge in [-0.25, -0.2) is 0 Å². The molecule has 2 amide bonds. The van der Waals surface area contributed by atoms with Crippen LogP contribution in [-0.4, -0.2) is 64.8 Å². The van der Waals surface area contributed by atoms with Crippen molar-refractivity contribution in [3.05, 3.63) is 65.2 Å². The molecule has 190 valence electrons. The van der Waals surface area contributed by atoms with Gasteiger partial charge in [0.1, 0.15) is 11.6 Å². The molecular formula is C27H29ClN2O6. The molecule has 1 spiro atoms. The number of benzene rings is 2. The highest BCUT2D eigenvalue weighted by Gasteiger charge is 2.75. The molecule has 8 nitrogen and oxygen atoms in total. The molecular weight excluding hydrogens is 484 g/mol. The van der Waals surface area contributed by atoms with Crippen LogP contribution in [-0.2, 0) is 30.3 Å². The number of likely N-dealkylation sites (tertiary alicyclic amines) is 1. The van der Waals surface area contributed by atoms with Gasteiger partial charge >= 0.3 is 5.97 Å². The third-order valence-electron chi connectivity index (χ3n) is 7.58. The minimum atomic E-state index is -1.17. The Bertz CT molecular complexity index is 1140. The van der Waals surface area contributed by atoms with Gasteiger partial charge in [0, 0.05) is 10.7 Å². The largest absolute Gasteiger partial charge is 0.466 e. The van der Waals surface area contributed by atoms with E-state index in [1.165, 1.54) is 4.90 Å². The van der Waals surface area contributed by atoms with Crippen molar-refractivity contribution in [1.29, 1.82) is 0 Å². The highest BCUT2D eigenvalue weighted by atomic mass is 35.5. The highest BCUT2D eigenvalue weighted by molar-refractivity contribution is 6.30. The van der Waals surface area contributed by atoms with E-state index in [0.717, 1.165) is 5.56 Å². The summed E-state index contributed by atoms with van der Waals surface area (Å²) in [5, 5.41) is 13.8. The standard InChI is InChI=1S/C27H29ClN2O6/c1-2-35-26(34)21-20-12-13-27(36-20)22(21)25(33)30(19(15-31)14-16-6-4-3-5-7-16)23(27)24(32)29-18-10-8-17(28)9-11-18/h3-11,19-23,31H,2,12-15H2,1H3,(H,29,32)/t19-,20-,21+,22+,23-,27+/m1/s1. The molecule has 3 saturated heterocycles. The van der Waals surface area contributed by atoms with E-state index >= 15 is 0 Å². The number of hydrogen-bond donors (Lipinski definition) is 2. The van der Waals surface area contributed by atoms with Gasteiger partial charge in [-0.05, 0) is 56.0 Å². The fourth-order valence-electron chi connectivity index (χ4n) is 6.17. The van der Waals surface area contributed by atoms with Gasteiger partial charge in [0.05, 0.1) is 37.2 Å². The van der Waals surface area contributed by atoms with Crippen molar-refractivity contribution in [2.24, 2.45) is 11.8 Å².